The van der Waals surface area contributed by atoms with Crippen LogP contribution in [0.25, 0.3) is 34.4 Å². The zero-order chi connectivity index (χ0) is 39.5. The van der Waals surface area contributed by atoms with Gasteiger partial charge < -0.3 is 24.1 Å². The van der Waals surface area contributed by atoms with E-state index in [0.29, 0.717) is 23.2 Å². The van der Waals surface area contributed by atoms with E-state index in [1.807, 2.05) is 72.8 Å². The van der Waals surface area contributed by atoms with E-state index in [2.05, 4.69) is 121 Å². The summed E-state index contributed by atoms with van der Waals surface area (Å²) < 4.78 is 5.47. The van der Waals surface area contributed by atoms with Gasteiger partial charge in [0.2, 0.25) is 18.2 Å². The van der Waals surface area contributed by atoms with Gasteiger partial charge in [-0.3, -0.25) is 0 Å². The predicted molar refractivity (Wildman–Crippen MR) is 229 cm³/mol. The van der Waals surface area contributed by atoms with Gasteiger partial charge in [-0.2, -0.15) is 5.11 Å². The molecule has 0 aliphatic rings. The summed E-state index contributed by atoms with van der Waals surface area (Å²) in [4.78, 5) is 13.1. The Hall–Kier alpha value is -8.05. The van der Waals surface area contributed by atoms with E-state index in [1.54, 1.807) is 25.1 Å². The first-order valence-corrected chi connectivity index (χ1v) is 18.5. The summed E-state index contributed by atoms with van der Waals surface area (Å²) in [5.41, 5.74) is 11.7. The molecule has 7 aromatic carbocycles. The van der Waals surface area contributed by atoms with E-state index in [1.165, 1.54) is 6.40 Å². The molecule has 8 rings (SSSR count). The molecule has 284 valence electrons. The largest absolute Gasteiger partial charge is 0.506 e. The van der Waals surface area contributed by atoms with Crippen LogP contribution in [0.3, 0.4) is 0 Å². The Bertz CT molecular complexity index is 2640. The van der Waals surface area contributed by atoms with Crippen LogP contribution in [0.15, 0.2) is 184 Å². The normalized spacial score (nSPS) is 11.5. The van der Waals surface area contributed by atoms with E-state index >= 15 is 0 Å². The molecule has 0 bridgehead atoms. The number of aryl methyl sites for hydroxylation is 1. The second-order valence-electron chi connectivity index (χ2n) is 13.1. The second-order valence-corrected chi connectivity index (χ2v) is 13.1. The molecule has 2 N–H and O–H groups in total. The third-order valence-electron chi connectivity index (χ3n) is 9.08. The molecular weight excluding hydrogens is 727 g/mol. The van der Waals surface area contributed by atoms with Crippen LogP contribution in [0.5, 0.6) is 5.75 Å². The molecule has 0 radical (unpaired) electrons. The average Bonchev–Trinajstić information content (AvgIpc) is 3.71. The second kappa shape index (κ2) is 17.6. The number of azo groups is 1. The fourth-order valence-corrected chi connectivity index (χ4v) is 6.19. The lowest BCUT2D eigenvalue weighted by molar-refractivity contribution is 0.125. The number of rotatable bonds is 14. The van der Waals surface area contributed by atoms with Gasteiger partial charge in [0.05, 0.1) is 11.4 Å². The molecule has 11 nitrogen and oxygen atoms in total. The van der Waals surface area contributed by atoms with Crippen molar-refractivity contribution in [2.45, 2.75) is 13.5 Å². The van der Waals surface area contributed by atoms with Crippen LogP contribution < -0.4 is 10.4 Å². The number of anilines is 4. The number of nitrogens with one attached hydrogen (secondary N) is 1. The third-order valence-corrected chi connectivity index (χ3v) is 9.08. The van der Waals surface area contributed by atoms with Crippen molar-refractivity contribution in [2.24, 2.45) is 15.4 Å². The van der Waals surface area contributed by atoms with Crippen LogP contribution in [0.4, 0.5) is 34.1 Å². The minimum atomic E-state index is 0.0235. The van der Waals surface area contributed by atoms with Gasteiger partial charge in [0.25, 0.3) is 0 Å². The van der Waals surface area contributed by atoms with Crippen LogP contribution in [-0.2, 0) is 16.3 Å². The number of hydrogen-bond donors (Lipinski definition) is 2. The molecule has 0 unspecified atom stereocenters. The van der Waals surface area contributed by atoms with Crippen molar-refractivity contribution < 1.29 is 19.2 Å². The standard InChI is InChI=1S/C47H37N7O4/c1-33-49-52-47(58-33)37-19-24-39(25-20-37)50-51-46-44-28-18-36(30-38(44)21-29-45(46)55)31-56-48-32-57-53-40-22-14-34(15-23-40)12-13-35-16-26-43(27-17-35)54(41-8-4-2-5-9-41)42-10-6-3-7-11-42/h2-30,32,53,55H,31H2,1H3. The van der Waals surface area contributed by atoms with Crippen molar-refractivity contribution in [2.75, 3.05) is 10.4 Å². The predicted octanol–water partition coefficient (Wildman–Crippen LogP) is 12.5. The monoisotopic (exact) mass is 763 g/mol. The summed E-state index contributed by atoms with van der Waals surface area (Å²) in [5, 5.41) is 32.6. The summed E-state index contributed by atoms with van der Waals surface area (Å²) in [7, 11) is 0. The molecule has 0 saturated carbocycles. The molecule has 0 aliphatic carbocycles. The summed E-state index contributed by atoms with van der Waals surface area (Å²) in [5.74, 6) is 0.949. The average molecular weight is 764 g/mol. The zero-order valence-electron chi connectivity index (χ0n) is 31.4. The summed E-state index contributed by atoms with van der Waals surface area (Å²) in [6.07, 6.45) is 5.36. The van der Waals surface area contributed by atoms with E-state index in [0.717, 1.165) is 55.8 Å². The maximum absolute atomic E-state index is 10.6. The lowest BCUT2D eigenvalue weighted by Crippen LogP contribution is -2.09. The van der Waals surface area contributed by atoms with E-state index in [9.17, 15) is 5.11 Å². The van der Waals surface area contributed by atoms with E-state index < -0.39 is 0 Å². The highest BCUT2D eigenvalue weighted by Gasteiger charge is 2.12. The smallest absolute Gasteiger partial charge is 0.247 e. The number of para-hydroxylation sites is 2. The lowest BCUT2D eigenvalue weighted by Gasteiger charge is -2.25. The van der Waals surface area contributed by atoms with Gasteiger partial charge in [0, 0.05) is 34.9 Å². The highest BCUT2D eigenvalue weighted by molar-refractivity contribution is 5.95. The number of phenolic OH excluding ortho intramolecular Hbond substituents is 1. The molecule has 1 aromatic heterocycles. The molecule has 0 saturated heterocycles. The molecule has 8 aromatic rings. The number of aromatic nitrogens is 2. The van der Waals surface area contributed by atoms with Crippen LogP contribution in [0, 0.1) is 6.92 Å². The maximum atomic E-state index is 10.6. The van der Waals surface area contributed by atoms with Crippen LogP contribution in [0.2, 0.25) is 0 Å². The summed E-state index contributed by atoms with van der Waals surface area (Å²) >= 11 is 0. The first-order valence-electron chi connectivity index (χ1n) is 18.5. The van der Waals surface area contributed by atoms with Crippen molar-refractivity contribution in [3.05, 3.63) is 186 Å². The van der Waals surface area contributed by atoms with Crippen LogP contribution >= 0.6 is 0 Å². The quantitative estimate of drug-likeness (QED) is 0.0368. The summed E-state index contributed by atoms with van der Waals surface area (Å²) in [6, 6.07) is 53.4. The van der Waals surface area contributed by atoms with Crippen molar-refractivity contribution >= 4 is 63.4 Å². The fraction of sp³-hybridized carbons (Fsp3) is 0.0426. The molecular formula is C47H37N7O4. The van der Waals surface area contributed by atoms with Crippen LogP contribution in [-0.4, -0.2) is 21.7 Å². The van der Waals surface area contributed by atoms with Gasteiger partial charge in [0.1, 0.15) is 18.0 Å². The van der Waals surface area contributed by atoms with E-state index in [4.69, 9.17) is 14.1 Å². The minimum absolute atomic E-state index is 0.0235. The first kappa shape index (κ1) is 36.9. The van der Waals surface area contributed by atoms with Gasteiger partial charge in [-0.25, -0.2) is 5.48 Å². The maximum Gasteiger partial charge on any atom is 0.247 e. The van der Waals surface area contributed by atoms with Crippen molar-refractivity contribution in [1.29, 1.82) is 0 Å². The molecule has 0 atom stereocenters. The molecule has 0 spiro atoms. The Morgan fingerprint density at radius 2 is 1.34 bits per heavy atom. The Morgan fingerprint density at radius 1 is 0.690 bits per heavy atom. The van der Waals surface area contributed by atoms with Gasteiger partial charge >= 0.3 is 0 Å². The molecule has 11 heteroatoms. The molecule has 58 heavy (non-hydrogen) atoms. The molecule has 0 fully saturated rings. The van der Waals surface area contributed by atoms with Crippen LogP contribution in [0.1, 0.15) is 22.6 Å². The zero-order valence-corrected chi connectivity index (χ0v) is 31.4. The van der Waals surface area contributed by atoms with Crippen molar-refractivity contribution in [3.63, 3.8) is 0 Å². The fourth-order valence-electron chi connectivity index (χ4n) is 6.19. The van der Waals surface area contributed by atoms with E-state index in [-0.39, 0.29) is 12.4 Å². The van der Waals surface area contributed by atoms with Gasteiger partial charge in [-0.15, -0.1) is 15.3 Å². The molecule has 0 aliphatic heterocycles. The SMILES string of the molecule is Cc1nnc(-c2ccc(N=Nc3c(O)ccc4cc(CON=CONc5ccc(C=Cc6ccc(N(c7ccccc7)c7ccccc7)cc6)cc5)ccc34)cc2)o1. The Labute approximate surface area is 334 Å². The summed E-state index contributed by atoms with van der Waals surface area (Å²) in [6.45, 7) is 1.95. The Balaban J connectivity index is 0.811. The highest BCUT2D eigenvalue weighted by Crippen LogP contribution is 2.37. The number of hydrogen-bond acceptors (Lipinski definition) is 11. The molecule has 0 amide bonds. The van der Waals surface area contributed by atoms with Gasteiger partial charge in [-0.05, 0) is 107 Å². The number of phenols is 1. The first-order chi connectivity index (χ1) is 28.6. The Kier molecular flexibility index (Phi) is 11.2. The highest BCUT2D eigenvalue weighted by atomic mass is 16.7. The van der Waals surface area contributed by atoms with Gasteiger partial charge in [0.15, 0.2) is 0 Å². The number of benzene rings is 7. The van der Waals surface area contributed by atoms with Crippen molar-refractivity contribution in [1.82, 2.24) is 10.2 Å². The van der Waals surface area contributed by atoms with Gasteiger partial charge in [-0.1, -0.05) is 96.2 Å². The number of fused-ring (bicyclic) bond motifs is 1. The van der Waals surface area contributed by atoms with Crippen molar-refractivity contribution in [3.8, 4) is 17.2 Å². The number of nitrogens with zero attached hydrogens (tertiary/aromatic N) is 6. The third kappa shape index (κ3) is 9.07. The minimum Gasteiger partial charge on any atom is -0.506 e. The topological polar surface area (TPSA) is 130 Å². The molecule has 1 heterocycles. The lowest BCUT2D eigenvalue weighted by atomic mass is 10.1. The Morgan fingerprint density at radius 3 is 2.00 bits per heavy atom. The number of aromatic hydroxyl groups is 1. The number of oxime groups is 1.